The molecule has 0 N–H and O–H groups in total. The molecule has 2 saturated carbocycles. The molecule has 28 heavy (non-hydrogen) atoms. The van der Waals surface area contributed by atoms with Gasteiger partial charge in [-0.2, -0.15) is 0 Å². The number of rotatable bonds is 3. The molecule has 4 rings (SSSR count). The Hall–Kier alpha value is -1.70. The molecule has 0 radical (unpaired) electrons. The summed E-state index contributed by atoms with van der Waals surface area (Å²) in [4.78, 5) is 9.57. The van der Waals surface area contributed by atoms with Crippen LogP contribution in [-0.2, 0) is 0 Å². The smallest absolute Gasteiger partial charge is 0.0886 e. The summed E-state index contributed by atoms with van der Waals surface area (Å²) < 4.78 is 0. The van der Waals surface area contributed by atoms with E-state index in [1.54, 1.807) is 0 Å². The van der Waals surface area contributed by atoms with Gasteiger partial charge in [0.2, 0.25) is 0 Å². The van der Waals surface area contributed by atoms with Crippen molar-refractivity contribution < 1.29 is 0 Å². The van der Waals surface area contributed by atoms with E-state index in [9.17, 15) is 0 Å². The average molecular weight is 377 g/mol. The molecular weight excluding hydrogens is 340 g/mol. The second-order valence-corrected chi connectivity index (χ2v) is 9.04. The van der Waals surface area contributed by atoms with Crippen molar-refractivity contribution >= 4 is 0 Å². The number of aromatic nitrogens is 2. The number of hydrogen-bond acceptors (Lipinski definition) is 2. The number of hydrogen-bond donors (Lipinski definition) is 0. The maximum Gasteiger partial charge on any atom is 0.0886 e. The zero-order valence-electron chi connectivity index (χ0n) is 17.4. The lowest BCUT2D eigenvalue weighted by molar-refractivity contribution is 0.455. The molecular formula is C26H36N2. The van der Waals surface area contributed by atoms with Crippen LogP contribution in [0.2, 0.25) is 0 Å². The molecule has 2 heterocycles. The molecule has 2 aliphatic carbocycles. The summed E-state index contributed by atoms with van der Waals surface area (Å²) in [6.45, 7) is 0. The van der Waals surface area contributed by atoms with Crippen molar-refractivity contribution in [3.05, 3.63) is 47.8 Å². The Labute approximate surface area is 171 Å². The minimum Gasteiger partial charge on any atom is -0.254 e. The lowest BCUT2D eigenvalue weighted by Gasteiger charge is -2.20. The molecule has 0 unspecified atom stereocenters. The molecule has 0 atom stereocenters. The van der Waals surface area contributed by atoms with Gasteiger partial charge in [-0.05, 0) is 60.8 Å². The van der Waals surface area contributed by atoms with E-state index in [0.29, 0.717) is 11.8 Å². The highest BCUT2D eigenvalue weighted by Gasteiger charge is 2.16. The molecule has 2 aromatic rings. The minimum absolute atomic E-state index is 0.705. The molecule has 0 amide bonds. The SMILES string of the molecule is c1cc(-c2ccc(C3CCCCCCC3)cn2)ncc1C1CCCCCCC1. The van der Waals surface area contributed by atoms with Gasteiger partial charge in [0.05, 0.1) is 11.4 Å². The molecule has 2 fully saturated rings. The van der Waals surface area contributed by atoms with Gasteiger partial charge in [0.1, 0.15) is 0 Å². The molecule has 0 aromatic carbocycles. The fourth-order valence-electron chi connectivity index (χ4n) is 5.18. The van der Waals surface area contributed by atoms with E-state index in [2.05, 4.69) is 36.7 Å². The first-order valence-electron chi connectivity index (χ1n) is 11.8. The van der Waals surface area contributed by atoms with Crippen molar-refractivity contribution in [1.29, 1.82) is 0 Å². The highest BCUT2D eigenvalue weighted by molar-refractivity contribution is 5.54. The van der Waals surface area contributed by atoms with E-state index in [-0.39, 0.29) is 0 Å². The maximum atomic E-state index is 4.79. The second-order valence-electron chi connectivity index (χ2n) is 9.04. The molecule has 2 nitrogen and oxygen atoms in total. The van der Waals surface area contributed by atoms with Crippen molar-refractivity contribution in [3.8, 4) is 11.4 Å². The van der Waals surface area contributed by atoms with Crippen molar-refractivity contribution in [2.75, 3.05) is 0 Å². The lowest BCUT2D eigenvalue weighted by Crippen LogP contribution is -2.04. The molecule has 150 valence electrons. The van der Waals surface area contributed by atoms with Crippen LogP contribution in [0, 0.1) is 0 Å². The summed E-state index contributed by atoms with van der Waals surface area (Å²) in [5.41, 5.74) is 4.88. The predicted octanol–water partition coefficient (Wildman–Crippen LogP) is 7.80. The molecule has 2 aliphatic rings. The quantitative estimate of drug-likeness (QED) is 0.546. The summed E-state index contributed by atoms with van der Waals surface area (Å²) in [5.74, 6) is 1.41. The molecule has 0 aliphatic heterocycles. The van der Waals surface area contributed by atoms with Crippen LogP contribution in [0.4, 0.5) is 0 Å². The first-order valence-corrected chi connectivity index (χ1v) is 11.8. The molecule has 2 heteroatoms. The fourth-order valence-corrected chi connectivity index (χ4v) is 5.18. The van der Waals surface area contributed by atoms with Gasteiger partial charge in [-0.15, -0.1) is 0 Å². The van der Waals surface area contributed by atoms with E-state index < -0.39 is 0 Å². The summed E-state index contributed by atoms with van der Waals surface area (Å²) >= 11 is 0. The molecule has 0 spiro atoms. The largest absolute Gasteiger partial charge is 0.254 e. The monoisotopic (exact) mass is 376 g/mol. The Kier molecular flexibility index (Phi) is 7.13. The van der Waals surface area contributed by atoms with Gasteiger partial charge in [0.15, 0.2) is 0 Å². The van der Waals surface area contributed by atoms with Crippen molar-refractivity contribution in [2.45, 2.75) is 102 Å². The summed E-state index contributed by atoms with van der Waals surface area (Å²) in [5, 5.41) is 0. The van der Waals surface area contributed by atoms with Crippen LogP contribution in [-0.4, -0.2) is 9.97 Å². The highest BCUT2D eigenvalue weighted by Crippen LogP contribution is 2.33. The first kappa shape index (κ1) is 19.6. The second kappa shape index (κ2) is 10.2. The lowest BCUT2D eigenvalue weighted by atomic mass is 9.86. The van der Waals surface area contributed by atoms with Gasteiger partial charge < -0.3 is 0 Å². The van der Waals surface area contributed by atoms with Crippen LogP contribution >= 0.6 is 0 Å². The van der Waals surface area contributed by atoms with Crippen LogP contribution in [0.15, 0.2) is 36.7 Å². The summed E-state index contributed by atoms with van der Waals surface area (Å²) in [6, 6.07) is 8.98. The average Bonchev–Trinajstić information content (AvgIpc) is 2.68. The third-order valence-corrected chi connectivity index (χ3v) is 6.99. The minimum atomic E-state index is 0.705. The maximum absolute atomic E-state index is 4.79. The van der Waals surface area contributed by atoms with E-state index in [0.717, 1.165) is 11.4 Å². The Morgan fingerprint density at radius 2 is 0.821 bits per heavy atom. The normalized spacial score (nSPS) is 20.7. The predicted molar refractivity (Wildman–Crippen MR) is 118 cm³/mol. The van der Waals surface area contributed by atoms with E-state index in [1.165, 1.54) is 101 Å². The van der Waals surface area contributed by atoms with Gasteiger partial charge in [0, 0.05) is 12.4 Å². The molecule has 0 bridgehead atoms. The third kappa shape index (κ3) is 5.21. The van der Waals surface area contributed by atoms with Crippen LogP contribution in [0.3, 0.4) is 0 Å². The Morgan fingerprint density at radius 1 is 0.464 bits per heavy atom. The zero-order valence-corrected chi connectivity index (χ0v) is 17.4. The Bertz CT molecular complexity index is 625. The Balaban J connectivity index is 1.42. The van der Waals surface area contributed by atoms with Crippen LogP contribution in [0.25, 0.3) is 11.4 Å². The topological polar surface area (TPSA) is 25.8 Å². The summed E-state index contributed by atoms with van der Waals surface area (Å²) in [7, 11) is 0. The van der Waals surface area contributed by atoms with Gasteiger partial charge in [-0.1, -0.05) is 76.3 Å². The summed E-state index contributed by atoms with van der Waals surface area (Å²) in [6.07, 6.45) is 23.5. The third-order valence-electron chi connectivity index (χ3n) is 6.99. The van der Waals surface area contributed by atoms with Crippen LogP contribution in [0.1, 0.15) is 113 Å². The molecule has 0 saturated heterocycles. The fraction of sp³-hybridized carbons (Fsp3) is 0.615. The van der Waals surface area contributed by atoms with Crippen molar-refractivity contribution in [1.82, 2.24) is 9.97 Å². The Morgan fingerprint density at radius 3 is 1.14 bits per heavy atom. The van der Waals surface area contributed by atoms with Crippen LogP contribution in [0.5, 0.6) is 0 Å². The van der Waals surface area contributed by atoms with Crippen molar-refractivity contribution in [3.63, 3.8) is 0 Å². The first-order chi connectivity index (χ1) is 13.9. The van der Waals surface area contributed by atoms with Gasteiger partial charge in [0.25, 0.3) is 0 Å². The molecule has 2 aromatic heterocycles. The zero-order chi connectivity index (χ0) is 19.0. The standard InChI is InChI=1S/C26H36N2/c1-3-7-11-21(12-8-4-1)23-15-17-25(27-19-23)26-18-16-24(20-28-26)22-13-9-5-2-6-10-14-22/h15-22H,1-14H2. The number of nitrogens with zero attached hydrogens (tertiary/aromatic N) is 2. The van der Waals surface area contributed by atoms with Gasteiger partial charge in [-0.3, -0.25) is 9.97 Å². The number of pyridine rings is 2. The van der Waals surface area contributed by atoms with E-state index in [4.69, 9.17) is 9.97 Å². The van der Waals surface area contributed by atoms with Gasteiger partial charge in [-0.25, -0.2) is 0 Å². The van der Waals surface area contributed by atoms with E-state index >= 15 is 0 Å². The highest BCUT2D eigenvalue weighted by atomic mass is 14.8. The van der Waals surface area contributed by atoms with Crippen LogP contribution < -0.4 is 0 Å². The van der Waals surface area contributed by atoms with E-state index in [1.807, 2.05) is 0 Å². The van der Waals surface area contributed by atoms with Gasteiger partial charge >= 0.3 is 0 Å². The van der Waals surface area contributed by atoms with Crippen molar-refractivity contribution in [2.24, 2.45) is 0 Å².